The number of carbonyl (C=O) groups is 1. The SMILES string of the molecule is COC(=O)CCCCC=C(CNC1CCN(C(C)C)CC1)COc1cccc2ccccc12. The van der Waals surface area contributed by atoms with E-state index in [9.17, 15) is 4.79 Å². The first-order chi connectivity index (χ1) is 16.1. The molecule has 0 spiro atoms. The van der Waals surface area contributed by atoms with Crippen LogP contribution in [0.4, 0.5) is 0 Å². The molecule has 1 N–H and O–H groups in total. The van der Waals surface area contributed by atoms with E-state index in [0.717, 1.165) is 50.0 Å². The third-order valence-corrected chi connectivity index (χ3v) is 6.54. The summed E-state index contributed by atoms with van der Waals surface area (Å²) in [5, 5.41) is 6.11. The lowest BCUT2D eigenvalue weighted by atomic mass is 10.0. The summed E-state index contributed by atoms with van der Waals surface area (Å²) in [5.74, 6) is 0.794. The van der Waals surface area contributed by atoms with Crippen molar-refractivity contribution in [1.82, 2.24) is 10.2 Å². The molecule has 0 radical (unpaired) electrons. The van der Waals surface area contributed by atoms with Crippen LogP contribution in [-0.2, 0) is 9.53 Å². The van der Waals surface area contributed by atoms with Gasteiger partial charge in [0, 0.05) is 30.4 Å². The molecule has 0 aliphatic carbocycles. The van der Waals surface area contributed by atoms with Crippen LogP contribution >= 0.6 is 0 Å². The predicted molar refractivity (Wildman–Crippen MR) is 136 cm³/mol. The van der Waals surface area contributed by atoms with E-state index in [0.29, 0.717) is 25.1 Å². The molecular weight excluding hydrogens is 412 g/mol. The Labute approximate surface area is 199 Å². The van der Waals surface area contributed by atoms with Crippen LogP contribution in [0.5, 0.6) is 5.75 Å². The minimum absolute atomic E-state index is 0.132. The Morgan fingerprint density at radius 2 is 1.88 bits per heavy atom. The summed E-state index contributed by atoms with van der Waals surface area (Å²) >= 11 is 0. The topological polar surface area (TPSA) is 50.8 Å². The van der Waals surface area contributed by atoms with Crippen LogP contribution in [0.25, 0.3) is 10.8 Å². The average Bonchev–Trinajstić information content (AvgIpc) is 2.85. The van der Waals surface area contributed by atoms with Crippen molar-refractivity contribution in [1.29, 1.82) is 0 Å². The van der Waals surface area contributed by atoms with Crippen molar-refractivity contribution in [2.75, 3.05) is 33.4 Å². The molecule has 5 heteroatoms. The number of hydrogen-bond donors (Lipinski definition) is 1. The van der Waals surface area contributed by atoms with Gasteiger partial charge in [0.25, 0.3) is 0 Å². The van der Waals surface area contributed by atoms with Crippen LogP contribution in [-0.4, -0.2) is 56.3 Å². The number of benzene rings is 2. The van der Waals surface area contributed by atoms with Crippen molar-refractivity contribution in [3.8, 4) is 5.75 Å². The maximum Gasteiger partial charge on any atom is 0.305 e. The predicted octanol–water partition coefficient (Wildman–Crippen LogP) is 5.34. The van der Waals surface area contributed by atoms with E-state index in [1.807, 2.05) is 6.07 Å². The lowest BCUT2D eigenvalue weighted by molar-refractivity contribution is -0.140. The highest BCUT2D eigenvalue weighted by Crippen LogP contribution is 2.25. The summed E-state index contributed by atoms with van der Waals surface area (Å²) < 4.78 is 11.0. The first-order valence-corrected chi connectivity index (χ1v) is 12.4. The van der Waals surface area contributed by atoms with Gasteiger partial charge in [-0.25, -0.2) is 0 Å². The normalized spacial score (nSPS) is 15.8. The van der Waals surface area contributed by atoms with Crippen LogP contribution in [0.3, 0.4) is 0 Å². The van der Waals surface area contributed by atoms with Gasteiger partial charge in [-0.3, -0.25) is 4.79 Å². The van der Waals surface area contributed by atoms with Gasteiger partial charge in [-0.2, -0.15) is 0 Å². The third-order valence-electron chi connectivity index (χ3n) is 6.54. The van der Waals surface area contributed by atoms with Crippen molar-refractivity contribution in [3.63, 3.8) is 0 Å². The second-order valence-corrected chi connectivity index (χ2v) is 9.24. The molecule has 1 fully saturated rings. The second kappa shape index (κ2) is 13.4. The molecule has 0 bridgehead atoms. The van der Waals surface area contributed by atoms with Crippen LogP contribution in [0.1, 0.15) is 52.4 Å². The number of methoxy groups -OCH3 is 1. The summed E-state index contributed by atoms with van der Waals surface area (Å²) in [5.41, 5.74) is 1.27. The summed E-state index contributed by atoms with van der Waals surface area (Å²) in [4.78, 5) is 13.9. The van der Waals surface area contributed by atoms with Gasteiger partial charge >= 0.3 is 5.97 Å². The van der Waals surface area contributed by atoms with Crippen LogP contribution < -0.4 is 10.1 Å². The number of likely N-dealkylation sites (tertiary alicyclic amines) is 1. The monoisotopic (exact) mass is 452 g/mol. The molecule has 0 atom stereocenters. The molecule has 0 amide bonds. The number of nitrogens with one attached hydrogen (secondary N) is 1. The highest BCUT2D eigenvalue weighted by atomic mass is 16.5. The quantitative estimate of drug-likeness (QED) is 0.268. The Hall–Kier alpha value is -2.37. The Balaban J connectivity index is 1.56. The highest BCUT2D eigenvalue weighted by molar-refractivity contribution is 5.88. The molecule has 2 aromatic rings. The molecule has 1 aliphatic rings. The standard InChI is InChI=1S/C28H40N2O3/c1-22(2)30-18-16-25(17-19-30)29-20-23(10-5-4-6-15-28(31)32-3)21-33-27-14-9-12-24-11-7-8-13-26(24)27/h7-14,22,25,29H,4-6,15-21H2,1-3H3. The minimum Gasteiger partial charge on any atom is -0.489 e. The Kier molecular flexibility index (Phi) is 10.2. The first kappa shape index (κ1) is 25.3. The Bertz CT molecular complexity index is 896. The number of unbranched alkanes of at least 4 members (excludes halogenated alkanes) is 2. The van der Waals surface area contributed by atoms with Gasteiger partial charge in [-0.05, 0) is 76.1 Å². The molecular formula is C28H40N2O3. The number of fused-ring (bicyclic) bond motifs is 1. The number of carbonyl (C=O) groups excluding carboxylic acids is 1. The number of esters is 1. The number of ether oxygens (including phenoxy) is 2. The van der Waals surface area contributed by atoms with E-state index in [4.69, 9.17) is 9.47 Å². The van der Waals surface area contributed by atoms with Gasteiger partial charge in [0.15, 0.2) is 0 Å². The van der Waals surface area contributed by atoms with E-state index in [1.165, 1.54) is 30.9 Å². The molecule has 1 aliphatic heterocycles. The molecule has 0 unspecified atom stereocenters. The first-order valence-electron chi connectivity index (χ1n) is 12.4. The number of piperidine rings is 1. The number of allylic oxidation sites excluding steroid dienone is 1. The maximum absolute atomic E-state index is 11.3. The molecule has 180 valence electrons. The molecule has 3 rings (SSSR count). The molecule has 0 saturated carbocycles. The zero-order chi connectivity index (χ0) is 23.5. The van der Waals surface area contributed by atoms with Crippen molar-refractivity contribution in [2.24, 2.45) is 0 Å². The Morgan fingerprint density at radius 1 is 1.12 bits per heavy atom. The van der Waals surface area contributed by atoms with E-state index >= 15 is 0 Å². The van der Waals surface area contributed by atoms with Gasteiger partial charge in [-0.1, -0.05) is 42.5 Å². The van der Waals surface area contributed by atoms with Crippen LogP contribution in [0.15, 0.2) is 54.1 Å². The van der Waals surface area contributed by atoms with Gasteiger partial charge in [-0.15, -0.1) is 0 Å². The molecule has 0 aromatic heterocycles. The van der Waals surface area contributed by atoms with Crippen molar-refractivity contribution < 1.29 is 14.3 Å². The van der Waals surface area contributed by atoms with Gasteiger partial charge < -0.3 is 19.7 Å². The fourth-order valence-electron chi connectivity index (χ4n) is 4.39. The number of nitrogens with zero attached hydrogens (tertiary/aromatic N) is 1. The zero-order valence-corrected chi connectivity index (χ0v) is 20.5. The zero-order valence-electron chi connectivity index (χ0n) is 20.5. The highest BCUT2D eigenvalue weighted by Gasteiger charge is 2.20. The summed E-state index contributed by atoms with van der Waals surface area (Å²) in [6, 6.07) is 15.7. The maximum atomic E-state index is 11.3. The lowest BCUT2D eigenvalue weighted by Gasteiger charge is -2.35. The summed E-state index contributed by atoms with van der Waals surface area (Å²) in [6.45, 7) is 8.29. The van der Waals surface area contributed by atoms with E-state index < -0.39 is 0 Å². The van der Waals surface area contributed by atoms with Crippen molar-refractivity contribution >= 4 is 16.7 Å². The van der Waals surface area contributed by atoms with Gasteiger partial charge in [0.1, 0.15) is 12.4 Å². The Morgan fingerprint density at radius 3 is 2.64 bits per heavy atom. The van der Waals surface area contributed by atoms with Gasteiger partial charge in [0.05, 0.1) is 7.11 Å². The average molecular weight is 453 g/mol. The third kappa shape index (κ3) is 8.17. The smallest absolute Gasteiger partial charge is 0.305 e. The molecule has 33 heavy (non-hydrogen) atoms. The van der Waals surface area contributed by atoms with Crippen molar-refractivity contribution in [3.05, 3.63) is 54.1 Å². The molecule has 1 heterocycles. The molecule has 1 saturated heterocycles. The fourth-order valence-corrected chi connectivity index (χ4v) is 4.39. The van der Waals surface area contributed by atoms with E-state index in [2.05, 4.69) is 66.5 Å². The molecule has 5 nitrogen and oxygen atoms in total. The largest absolute Gasteiger partial charge is 0.489 e. The summed E-state index contributed by atoms with van der Waals surface area (Å²) in [7, 11) is 1.45. The molecule has 2 aromatic carbocycles. The van der Waals surface area contributed by atoms with E-state index in [-0.39, 0.29) is 5.97 Å². The van der Waals surface area contributed by atoms with Crippen LogP contribution in [0, 0.1) is 0 Å². The minimum atomic E-state index is -0.132. The van der Waals surface area contributed by atoms with Crippen LogP contribution in [0.2, 0.25) is 0 Å². The second-order valence-electron chi connectivity index (χ2n) is 9.24. The lowest BCUT2D eigenvalue weighted by Crippen LogP contribution is -2.45. The fraction of sp³-hybridized carbons (Fsp3) is 0.536. The number of rotatable bonds is 12. The van der Waals surface area contributed by atoms with Crippen molar-refractivity contribution in [2.45, 2.75) is 64.5 Å². The van der Waals surface area contributed by atoms with E-state index in [1.54, 1.807) is 0 Å². The number of hydrogen-bond acceptors (Lipinski definition) is 5. The van der Waals surface area contributed by atoms with Gasteiger partial charge in [0.2, 0.25) is 0 Å². The summed E-state index contributed by atoms with van der Waals surface area (Å²) in [6.07, 6.45) is 7.92.